The van der Waals surface area contributed by atoms with Crippen LogP contribution in [-0.4, -0.2) is 21.7 Å². The monoisotopic (exact) mass is 341 g/mol. The Morgan fingerprint density at radius 2 is 2.20 bits per heavy atom. The van der Waals surface area contributed by atoms with Gasteiger partial charge in [-0.2, -0.15) is 5.10 Å². The molecule has 2 saturated carbocycles. The molecule has 2 aliphatic carbocycles. The Morgan fingerprint density at radius 1 is 1.36 bits per heavy atom. The second-order valence-corrected chi connectivity index (χ2v) is 7.95. The minimum Gasteiger partial charge on any atom is -0.454 e. The third-order valence-corrected chi connectivity index (χ3v) is 6.09. The molecular weight excluding hydrogens is 314 g/mol. The zero-order valence-corrected chi connectivity index (χ0v) is 15.3. The fourth-order valence-corrected chi connectivity index (χ4v) is 4.86. The summed E-state index contributed by atoms with van der Waals surface area (Å²) in [6.45, 7) is 6.69. The highest BCUT2D eigenvalue weighted by Crippen LogP contribution is 2.49. The minimum absolute atomic E-state index is 0.102. The Hall–Kier alpha value is -2.04. The lowest BCUT2D eigenvalue weighted by molar-refractivity contribution is 0.0885. The predicted octanol–water partition coefficient (Wildman–Crippen LogP) is 3.70. The van der Waals surface area contributed by atoms with Crippen LogP contribution in [0.5, 0.6) is 0 Å². The highest BCUT2D eigenvalue weighted by molar-refractivity contribution is 5.91. The normalized spacial score (nSPS) is 26.1. The van der Waals surface area contributed by atoms with Gasteiger partial charge in [-0.05, 0) is 76.0 Å². The molecule has 134 valence electrons. The molecule has 0 unspecified atom stereocenters. The lowest BCUT2D eigenvalue weighted by atomic mass is 9.84. The third-order valence-electron chi connectivity index (χ3n) is 6.09. The number of amides is 1. The summed E-state index contributed by atoms with van der Waals surface area (Å²) in [5, 5.41) is 7.60. The molecule has 25 heavy (non-hydrogen) atoms. The van der Waals surface area contributed by atoms with Crippen LogP contribution in [0.3, 0.4) is 0 Å². The molecule has 5 heteroatoms. The van der Waals surface area contributed by atoms with E-state index in [1.54, 1.807) is 6.07 Å². The van der Waals surface area contributed by atoms with Gasteiger partial charge in [0.25, 0.3) is 5.91 Å². The highest BCUT2D eigenvalue weighted by Gasteiger charge is 2.42. The van der Waals surface area contributed by atoms with Crippen molar-refractivity contribution in [3.63, 3.8) is 0 Å². The molecule has 0 aromatic carbocycles. The summed E-state index contributed by atoms with van der Waals surface area (Å²) in [5.74, 6) is 3.38. The van der Waals surface area contributed by atoms with Crippen LogP contribution in [0, 0.1) is 31.6 Å². The molecule has 5 nitrogen and oxygen atoms in total. The number of nitrogens with zero attached hydrogens (tertiary/aromatic N) is 2. The van der Waals surface area contributed by atoms with Crippen LogP contribution in [0.25, 0.3) is 0 Å². The van der Waals surface area contributed by atoms with Gasteiger partial charge in [0.05, 0.1) is 12.2 Å². The van der Waals surface area contributed by atoms with Gasteiger partial charge in [0.2, 0.25) is 0 Å². The molecular formula is C20H27N3O2. The standard InChI is InChI=1S/C20H27N3O2/c1-12-8-13(2)23(22-12)11-17-6-7-19(25-17)20(24)21-14(3)18-10-15-4-5-16(18)9-15/h6-8,14-16,18H,4-5,9-11H2,1-3H3,(H,21,24)/t14-,15-,16-,18-/m1/s1. The first-order chi connectivity index (χ1) is 12.0. The van der Waals surface area contributed by atoms with Crippen LogP contribution in [0.4, 0.5) is 0 Å². The molecule has 0 spiro atoms. The second kappa shape index (κ2) is 6.36. The average Bonchev–Trinajstić information content (AvgIpc) is 3.33. The second-order valence-electron chi connectivity index (χ2n) is 7.95. The Bertz CT molecular complexity index is 776. The van der Waals surface area contributed by atoms with Gasteiger partial charge in [-0.3, -0.25) is 9.48 Å². The number of hydrogen-bond acceptors (Lipinski definition) is 3. The number of hydrogen-bond donors (Lipinski definition) is 1. The maximum Gasteiger partial charge on any atom is 0.287 e. The zero-order valence-electron chi connectivity index (χ0n) is 15.3. The fourth-order valence-electron chi connectivity index (χ4n) is 4.86. The van der Waals surface area contributed by atoms with Gasteiger partial charge in [0.1, 0.15) is 5.76 Å². The van der Waals surface area contributed by atoms with Crippen LogP contribution in [0.15, 0.2) is 22.6 Å². The molecule has 2 aromatic rings. The number of nitrogens with one attached hydrogen (secondary N) is 1. The number of fused-ring (bicyclic) bond motifs is 2. The van der Waals surface area contributed by atoms with Crippen molar-refractivity contribution < 1.29 is 9.21 Å². The molecule has 2 fully saturated rings. The zero-order chi connectivity index (χ0) is 17.6. The van der Waals surface area contributed by atoms with E-state index in [9.17, 15) is 4.79 Å². The van der Waals surface area contributed by atoms with Crippen molar-refractivity contribution in [3.8, 4) is 0 Å². The topological polar surface area (TPSA) is 60.1 Å². The van der Waals surface area contributed by atoms with Crippen LogP contribution >= 0.6 is 0 Å². The number of carbonyl (C=O) groups excluding carboxylic acids is 1. The van der Waals surface area contributed by atoms with Crippen molar-refractivity contribution >= 4 is 5.91 Å². The van der Waals surface area contributed by atoms with Crippen molar-refractivity contribution in [2.24, 2.45) is 17.8 Å². The fraction of sp³-hybridized carbons (Fsp3) is 0.600. The molecule has 4 atom stereocenters. The number of carbonyl (C=O) groups is 1. The van der Waals surface area contributed by atoms with Crippen molar-refractivity contribution in [2.45, 2.75) is 59.0 Å². The van der Waals surface area contributed by atoms with E-state index in [0.29, 0.717) is 18.2 Å². The molecule has 0 aliphatic heterocycles. The largest absolute Gasteiger partial charge is 0.454 e. The van der Waals surface area contributed by atoms with E-state index in [0.717, 1.165) is 29.0 Å². The minimum atomic E-state index is -0.102. The highest BCUT2D eigenvalue weighted by atomic mass is 16.4. The summed E-state index contributed by atoms with van der Waals surface area (Å²) in [6, 6.07) is 5.89. The average molecular weight is 341 g/mol. The first-order valence-corrected chi connectivity index (χ1v) is 9.40. The molecule has 4 rings (SSSR count). The first-order valence-electron chi connectivity index (χ1n) is 9.40. The summed E-state index contributed by atoms with van der Waals surface area (Å²) in [6.07, 6.45) is 5.35. The van der Waals surface area contributed by atoms with Gasteiger partial charge < -0.3 is 9.73 Å². The smallest absolute Gasteiger partial charge is 0.287 e. The van der Waals surface area contributed by atoms with Gasteiger partial charge in [0.15, 0.2) is 5.76 Å². The molecule has 0 saturated heterocycles. The molecule has 1 N–H and O–H groups in total. The predicted molar refractivity (Wildman–Crippen MR) is 95.4 cm³/mol. The van der Waals surface area contributed by atoms with E-state index in [1.165, 1.54) is 25.7 Å². The number of rotatable bonds is 5. The first kappa shape index (κ1) is 16.4. The number of aromatic nitrogens is 2. The molecule has 2 bridgehead atoms. The van der Waals surface area contributed by atoms with E-state index < -0.39 is 0 Å². The van der Waals surface area contributed by atoms with Gasteiger partial charge in [-0.1, -0.05) is 6.42 Å². The quantitative estimate of drug-likeness (QED) is 0.902. The summed E-state index contributed by atoms with van der Waals surface area (Å²) >= 11 is 0. The Kier molecular flexibility index (Phi) is 4.18. The Labute approximate surface area is 148 Å². The van der Waals surface area contributed by atoms with Gasteiger partial charge >= 0.3 is 0 Å². The summed E-state index contributed by atoms with van der Waals surface area (Å²) in [7, 11) is 0. The van der Waals surface area contributed by atoms with Gasteiger partial charge in [-0.25, -0.2) is 0 Å². The maximum absolute atomic E-state index is 12.5. The Balaban J connectivity index is 1.38. The van der Waals surface area contributed by atoms with Crippen molar-refractivity contribution in [3.05, 3.63) is 41.1 Å². The summed E-state index contributed by atoms with van der Waals surface area (Å²) in [5.41, 5.74) is 2.08. The lowest BCUT2D eigenvalue weighted by Gasteiger charge is -2.28. The van der Waals surface area contributed by atoms with Crippen LogP contribution < -0.4 is 5.32 Å². The van der Waals surface area contributed by atoms with E-state index in [4.69, 9.17) is 4.42 Å². The summed E-state index contributed by atoms with van der Waals surface area (Å²) < 4.78 is 7.66. The van der Waals surface area contributed by atoms with Gasteiger partial charge in [0, 0.05) is 11.7 Å². The van der Waals surface area contributed by atoms with E-state index >= 15 is 0 Å². The molecule has 0 radical (unpaired) electrons. The van der Waals surface area contributed by atoms with Gasteiger partial charge in [-0.15, -0.1) is 0 Å². The van der Waals surface area contributed by atoms with E-state index in [-0.39, 0.29) is 11.9 Å². The van der Waals surface area contributed by atoms with Crippen molar-refractivity contribution in [1.29, 1.82) is 0 Å². The number of furan rings is 1. The van der Waals surface area contributed by atoms with E-state index in [1.807, 2.05) is 30.7 Å². The molecule has 2 heterocycles. The Morgan fingerprint density at radius 3 is 2.84 bits per heavy atom. The third kappa shape index (κ3) is 3.24. The van der Waals surface area contributed by atoms with Crippen LogP contribution in [0.1, 0.15) is 60.3 Å². The van der Waals surface area contributed by atoms with Crippen molar-refractivity contribution in [2.75, 3.05) is 0 Å². The number of aryl methyl sites for hydroxylation is 2. The van der Waals surface area contributed by atoms with Crippen molar-refractivity contribution in [1.82, 2.24) is 15.1 Å². The molecule has 1 amide bonds. The molecule has 2 aromatic heterocycles. The van der Waals surface area contributed by atoms with E-state index in [2.05, 4.69) is 17.3 Å². The van der Waals surface area contributed by atoms with Crippen LogP contribution in [0.2, 0.25) is 0 Å². The lowest BCUT2D eigenvalue weighted by Crippen LogP contribution is -2.40. The van der Waals surface area contributed by atoms with Crippen LogP contribution in [-0.2, 0) is 6.54 Å². The maximum atomic E-state index is 12.5. The summed E-state index contributed by atoms with van der Waals surface area (Å²) in [4.78, 5) is 12.5. The molecule has 2 aliphatic rings. The SMILES string of the molecule is Cc1cc(C)n(Cc2ccc(C(=O)N[C@H](C)[C@H]3C[C@@H]4CC[C@@H]3C4)o2)n1.